The molecule has 0 bridgehead atoms. The molecule has 0 fully saturated rings. The number of amides is 2. The second-order valence-electron chi connectivity index (χ2n) is 8.06. The lowest BCUT2D eigenvalue weighted by Crippen LogP contribution is -2.46. The van der Waals surface area contributed by atoms with Crippen molar-refractivity contribution >= 4 is 29.4 Å². The first-order chi connectivity index (χ1) is 15.8. The highest BCUT2D eigenvalue weighted by molar-refractivity contribution is 6.33. The van der Waals surface area contributed by atoms with E-state index in [1.165, 1.54) is 6.20 Å². The van der Waals surface area contributed by atoms with Crippen LogP contribution >= 0.6 is 11.6 Å². The second kappa shape index (κ2) is 9.15. The van der Waals surface area contributed by atoms with Crippen LogP contribution in [0, 0.1) is 6.92 Å². The topological polar surface area (TPSA) is 100 Å². The number of halogens is 1. The van der Waals surface area contributed by atoms with E-state index >= 15 is 0 Å². The molecule has 0 unspecified atom stereocenters. The van der Waals surface area contributed by atoms with E-state index < -0.39 is 6.04 Å². The van der Waals surface area contributed by atoms with E-state index in [0.29, 0.717) is 34.3 Å². The number of nitrogens with zero attached hydrogens (tertiary/aromatic N) is 4. The van der Waals surface area contributed by atoms with E-state index in [0.717, 1.165) is 17.0 Å². The van der Waals surface area contributed by atoms with E-state index in [9.17, 15) is 9.59 Å². The predicted molar refractivity (Wildman–Crippen MR) is 127 cm³/mol. The summed E-state index contributed by atoms with van der Waals surface area (Å²) in [6.45, 7) is 5.88. The zero-order valence-corrected chi connectivity index (χ0v) is 19.6. The molecule has 2 aromatic heterocycles. The van der Waals surface area contributed by atoms with Gasteiger partial charge in [0.2, 0.25) is 11.9 Å². The lowest BCUT2D eigenvalue weighted by Gasteiger charge is -2.25. The van der Waals surface area contributed by atoms with Crippen LogP contribution in [0.15, 0.2) is 42.6 Å². The summed E-state index contributed by atoms with van der Waals surface area (Å²) in [5.41, 5.74) is 4.31. The highest BCUT2D eigenvalue weighted by atomic mass is 35.5. The van der Waals surface area contributed by atoms with Crippen molar-refractivity contribution in [3.63, 3.8) is 0 Å². The summed E-state index contributed by atoms with van der Waals surface area (Å²) < 4.78 is 0. The van der Waals surface area contributed by atoms with Crippen LogP contribution in [-0.2, 0) is 11.3 Å². The Morgan fingerprint density at radius 2 is 1.97 bits per heavy atom. The van der Waals surface area contributed by atoms with Crippen LogP contribution in [0.1, 0.15) is 47.2 Å². The first-order valence-corrected chi connectivity index (χ1v) is 11.0. The number of carbonyl (C=O) groups is 2. The Hall–Kier alpha value is -3.52. The number of anilines is 1. The average Bonchev–Trinajstić information content (AvgIpc) is 3.14. The molecule has 33 heavy (non-hydrogen) atoms. The number of carbonyl (C=O) groups excluding carboxylic acids is 2. The van der Waals surface area contributed by atoms with Crippen molar-refractivity contribution in [1.29, 1.82) is 0 Å². The van der Waals surface area contributed by atoms with E-state index in [-0.39, 0.29) is 17.9 Å². The molecule has 0 radical (unpaired) electrons. The standard InChI is InChI=1S/C24H25ClN6O2/c1-13-6-5-7-20(28-13)14(2)29-22(32)15(3)31-12-17-9-8-16(10-18(17)23(31)33)21-19(25)11-27-24(26-4)30-21/h5-11,14-15H,12H2,1-4H3,(H,29,32)(H,26,27,30)/t14-,15-/m1/s1. The molecular formula is C24H25ClN6O2. The summed E-state index contributed by atoms with van der Waals surface area (Å²) in [6, 6.07) is 10.3. The van der Waals surface area contributed by atoms with Gasteiger partial charge in [0.15, 0.2) is 0 Å². The summed E-state index contributed by atoms with van der Waals surface area (Å²) in [4.78, 5) is 40.7. The first kappa shape index (κ1) is 22.7. The Bertz CT molecular complexity index is 1230. The number of fused-ring (bicyclic) bond motifs is 1. The van der Waals surface area contributed by atoms with Crippen molar-refractivity contribution in [3.8, 4) is 11.3 Å². The lowest BCUT2D eigenvalue weighted by atomic mass is 10.0. The SMILES string of the molecule is CNc1ncc(Cl)c(-c2ccc3c(c2)C(=O)N([C@H](C)C(=O)N[C@H](C)c2cccc(C)n2)C3)n1. The first-order valence-electron chi connectivity index (χ1n) is 10.7. The van der Waals surface area contributed by atoms with Crippen molar-refractivity contribution in [2.75, 3.05) is 12.4 Å². The van der Waals surface area contributed by atoms with Crippen LogP contribution in [0.3, 0.4) is 0 Å². The monoisotopic (exact) mass is 464 g/mol. The maximum atomic E-state index is 13.2. The van der Waals surface area contributed by atoms with Crippen molar-refractivity contribution in [2.45, 2.75) is 39.4 Å². The minimum Gasteiger partial charge on any atom is -0.357 e. The van der Waals surface area contributed by atoms with Crippen molar-refractivity contribution in [2.24, 2.45) is 0 Å². The Morgan fingerprint density at radius 3 is 2.70 bits per heavy atom. The largest absolute Gasteiger partial charge is 0.357 e. The van der Waals surface area contributed by atoms with Crippen LogP contribution < -0.4 is 10.6 Å². The van der Waals surface area contributed by atoms with Crippen molar-refractivity contribution in [1.82, 2.24) is 25.2 Å². The molecule has 2 N–H and O–H groups in total. The molecule has 8 nitrogen and oxygen atoms in total. The Morgan fingerprint density at radius 1 is 1.18 bits per heavy atom. The summed E-state index contributed by atoms with van der Waals surface area (Å²) in [6.07, 6.45) is 1.52. The molecule has 3 heterocycles. The Labute approximate surface area is 197 Å². The second-order valence-corrected chi connectivity index (χ2v) is 8.46. The van der Waals surface area contributed by atoms with Gasteiger partial charge in [-0.05, 0) is 44.5 Å². The van der Waals surface area contributed by atoms with Gasteiger partial charge in [0.05, 0.1) is 28.6 Å². The number of aryl methyl sites for hydroxylation is 1. The number of aromatic nitrogens is 3. The molecule has 1 aliphatic rings. The van der Waals surface area contributed by atoms with E-state index in [2.05, 4.69) is 25.6 Å². The minimum atomic E-state index is -0.640. The van der Waals surface area contributed by atoms with Crippen molar-refractivity contribution in [3.05, 3.63) is 70.1 Å². The van der Waals surface area contributed by atoms with Crippen LogP contribution in [0.25, 0.3) is 11.3 Å². The van der Waals surface area contributed by atoms with Gasteiger partial charge in [-0.25, -0.2) is 9.97 Å². The molecule has 4 rings (SSSR count). The number of hydrogen-bond donors (Lipinski definition) is 2. The molecule has 2 amide bonds. The number of pyridine rings is 1. The third-order valence-corrected chi connectivity index (χ3v) is 6.02. The molecular weight excluding hydrogens is 440 g/mol. The normalized spacial score (nSPS) is 14.6. The summed E-state index contributed by atoms with van der Waals surface area (Å²) in [5, 5.41) is 6.24. The molecule has 0 saturated carbocycles. The number of benzene rings is 1. The molecule has 170 valence electrons. The zero-order chi connectivity index (χ0) is 23.7. The van der Waals surface area contributed by atoms with Gasteiger partial charge in [0.25, 0.3) is 5.91 Å². The summed E-state index contributed by atoms with van der Waals surface area (Å²) >= 11 is 6.30. The quantitative estimate of drug-likeness (QED) is 0.576. The maximum Gasteiger partial charge on any atom is 0.255 e. The highest BCUT2D eigenvalue weighted by Gasteiger charge is 2.34. The molecule has 0 spiro atoms. The fourth-order valence-corrected chi connectivity index (χ4v) is 4.03. The van der Waals surface area contributed by atoms with E-state index in [1.807, 2.05) is 44.2 Å². The average molecular weight is 465 g/mol. The number of rotatable bonds is 6. The van der Waals surface area contributed by atoms with Crippen LogP contribution in [0.4, 0.5) is 5.95 Å². The molecule has 2 atom stereocenters. The molecule has 1 aromatic carbocycles. The van der Waals surface area contributed by atoms with E-state index in [1.54, 1.807) is 24.9 Å². The van der Waals surface area contributed by atoms with Gasteiger partial charge in [-0.3, -0.25) is 14.6 Å². The van der Waals surface area contributed by atoms with Crippen molar-refractivity contribution < 1.29 is 9.59 Å². The Kier molecular flexibility index (Phi) is 6.29. The van der Waals surface area contributed by atoms with Crippen LogP contribution in [0.2, 0.25) is 5.02 Å². The molecule has 1 aliphatic heterocycles. The van der Waals surface area contributed by atoms with Crippen LogP contribution in [0.5, 0.6) is 0 Å². The van der Waals surface area contributed by atoms with Gasteiger partial charge in [0.1, 0.15) is 6.04 Å². The van der Waals surface area contributed by atoms with Gasteiger partial charge in [0, 0.05) is 30.4 Å². The Balaban J connectivity index is 1.52. The number of nitrogens with one attached hydrogen (secondary N) is 2. The third-order valence-electron chi connectivity index (χ3n) is 5.74. The minimum absolute atomic E-state index is 0.199. The lowest BCUT2D eigenvalue weighted by molar-refractivity contribution is -0.125. The summed E-state index contributed by atoms with van der Waals surface area (Å²) in [7, 11) is 1.72. The fourth-order valence-electron chi connectivity index (χ4n) is 3.83. The van der Waals surface area contributed by atoms with Crippen LogP contribution in [-0.4, -0.2) is 44.8 Å². The number of hydrogen-bond acceptors (Lipinski definition) is 6. The fraction of sp³-hybridized carbons (Fsp3) is 0.292. The predicted octanol–water partition coefficient (Wildman–Crippen LogP) is 3.76. The molecule has 3 aromatic rings. The van der Waals surface area contributed by atoms with Gasteiger partial charge < -0.3 is 15.5 Å². The van der Waals surface area contributed by atoms with Gasteiger partial charge in [-0.1, -0.05) is 29.8 Å². The molecule has 0 aliphatic carbocycles. The third kappa shape index (κ3) is 4.52. The molecule has 9 heteroatoms. The highest BCUT2D eigenvalue weighted by Crippen LogP contribution is 2.32. The van der Waals surface area contributed by atoms with Gasteiger partial charge >= 0.3 is 0 Å². The maximum absolute atomic E-state index is 13.2. The van der Waals surface area contributed by atoms with Gasteiger partial charge in [-0.2, -0.15) is 0 Å². The zero-order valence-electron chi connectivity index (χ0n) is 18.9. The van der Waals surface area contributed by atoms with Gasteiger partial charge in [-0.15, -0.1) is 0 Å². The smallest absolute Gasteiger partial charge is 0.255 e. The molecule has 0 saturated heterocycles. The summed E-state index contributed by atoms with van der Waals surface area (Å²) in [5.74, 6) is 0.00455. The van der Waals surface area contributed by atoms with E-state index in [4.69, 9.17) is 11.6 Å².